The van der Waals surface area contributed by atoms with E-state index >= 15 is 0 Å². The van der Waals surface area contributed by atoms with Gasteiger partial charge in [-0.25, -0.2) is 0 Å². The summed E-state index contributed by atoms with van der Waals surface area (Å²) in [6, 6.07) is 6.83. The van der Waals surface area contributed by atoms with E-state index in [4.69, 9.17) is 5.73 Å². The molecule has 0 bridgehead atoms. The summed E-state index contributed by atoms with van der Waals surface area (Å²) in [5.74, 6) is -0.804. The normalized spacial score (nSPS) is 11.9. The Morgan fingerprint density at radius 2 is 2.06 bits per heavy atom. The van der Waals surface area contributed by atoms with E-state index in [9.17, 15) is 9.59 Å². The summed E-state index contributed by atoms with van der Waals surface area (Å²) in [5, 5.41) is 2.52. The molecule has 2 amide bonds. The molecule has 0 fully saturated rings. The minimum atomic E-state index is -0.670. The minimum Gasteiger partial charge on any atom is -0.368 e. The number of carbonyl (C=O) groups is 2. The van der Waals surface area contributed by atoms with Gasteiger partial charge >= 0.3 is 0 Å². The Morgan fingerprint density at radius 3 is 2.56 bits per heavy atom. The van der Waals surface area contributed by atoms with Crippen molar-refractivity contribution in [1.29, 1.82) is 0 Å². The van der Waals surface area contributed by atoms with Crippen LogP contribution in [0.25, 0.3) is 0 Å². The second-order valence-corrected chi connectivity index (χ2v) is 4.31. The van der Waals surface area contributed by atoms with Crippen molar-refractivity contribution in [2.75, 3.05) is 0 Å². The van der Waals surface area contributed by atoms with Crippen LogP contribution >= 0.6 is 15.9 Å². The first-order chi connectivity index (χ1) is 7.50. The van der Waals surface area contributed by atoms with Gasteiger partial charge in [-0.2, -0.15) is 0 Å². The van der Waals surface area contributed by atoms with E-state index in [1.165, 1.54) is 6.92 Å². The highest BCUT2D eigenvalue weighted by Crippen LogP contribution is 2.17. The monoisotopic (exact) mass is 284 g/mol. The Balaban J connectivity index is 2.80. The van der Waals surface area contributed by atoms with Crippen LogP contribution in [0.1, 0.15) is 12.5 Å². The molecule has 0 aliphatic rings. The van der Waals surface area contributed by atoms with Crippen LogP contribution in [0.3, 0.4) is 0 Å². The highest BCUT2D eigenvalue weighted by molar-refractivity contribution is 9.10. The van der Waals surface area contributed by atoms with Crippen molar-refractivity contribution < 1.29 is 9.59 Å². The molecule has 0 heterocycles. The maximum absolute atomic E-state index is 11.1. The Bertz CT molecular complexity index is 407. The summed E-state index contributed by atoms with van der Waals surface area (Å²) >= 11 is 3.38. The van der Waals surface area contributed by atoms with Gasteiger partial charge < -0.3 is 11.1 Å². The van der Waals surface area contributed by atoms with Crippen LogP contribution in [-0.2, 0) is 16.0 Å². The van der Waals surface area contributed by atoms with Gasteiger partial charge in [0, 0.05) is 17.8 Å². The maximum Gasteiger partial charge on any atom is 0.240 e. The lowest BCUT2D eigenvalue weighted by Crippen LogP contribution is -2.45. The Hall–Kier alpha value is -1.36. The van der Waals surface area contributed by atoms with E-state index in [1.807, 2.05) is 24.3 Å². The van der Waals surface area contributed by atoms with Crippen molar-refractivity contribution in [3.63, 3.8) is 0 Å². The Labute approximate surface area is 102 Å². The van der Waals surface area contributed by atoms with Gasteiger partial charge in [-0.3, -0.25) is 9.59 Å². The number of nitrogens with two attached hydrogens (primary N) is 1. The van der Waals surface area contributed by atoms with Crippen molar-refractivity contribution in [3.8, 4) is 0 Å². The lowest BCUT2D eigenvalue weighted by Gasteiger charge is -2.14. The van der Waals surface area contributed by atoms with Crippen LogP contribution in [0.15, 0.2) is 28.7 Å². The lowest BCUT2D eigenvalue weighted by molar-refractivity contribution is -0.126. The lowest BCUT2D eigenvalue weighted by atomic mass is 10.1. The van der Waals surface area contributed by atoms with Crippen LogP contribution in [-0.4, -0.2) is 17.9 Å². The van der Waals surface area contributed by atoms with Gasteiger partial charge in [-0.05, 0) is 11.6 Å². The van der Waals surface area contributed by atoms with Crippen molar-refractivity contribution >= 4 is 27.7 Å². The number of nitrogens with one attached hydrogen (secondary N) is 1. The molecule has 86 valence electrons. The van der Waals surface area contributed by atoms with Gasteiger partial charge in [-0.15, -0.1) is 0 Å². The van der Waals surface area contributed by atoms with Crippen LogP contribution in [0, 0.1) is 0 Å². The Kier molecular flexibility index (Phi) is 4.49. The SMILES string of the molecule is CC(=O)N[C@@H](Cc1ccccc1Br)C(N)=O. The largest absolute Gasteiger partial charge is 0.368 e. The first kappa shape index (κ1) is 12.7. The molecule has 1 aromatic carbocycles. The number of carbonyl (C=O) groups excluding carboxylic acids is 2. The molecule has 0 aliphatic heterocycles. The predicted molar refractivity (Wildman–Crippen MR) is 64.6 cm³/mol. The molecule has 0 aromatic heterocycles. The zero-order valence-electron chi connectivity index (χ0n) is 8.87. The van der Waals surface area contributed by atoms with Crippen LogP contribution in [0.5, 0.6) is 0 Å². The number of primary amides is 1. The second kappa shape index (κ2) is 5.65. The average Bonchev–Trinajstić information content (AvgIpc) is 2.19. The third-order valence-electron chi connectivity index (χ3n) is 2.10. The summed E-state index contributed by atoms with van der Waals surface area (Å²) < 4.78 is 0.895. The summed E-state index contributed by atoms with van der Waals surface area (Å²) in [7, 11) is 0. The van der Waals surface area contributed by atoms with Gasteiger partial charge in [-0.1, -0.05) is 34.1 Å². The Morgan fingerprint density at radius 1 is 1.44 bits per heavy atom. The molecule has 5 heteroatoms. The number of hydrogen-bond acceptors (Lipinski definition) is 2. The number of benzene rings is 1. The highest BCUT2D eigenvalue weighted by atomic mass is 79.9. The fourth-order valence-electron chi connectivity index (χ4n) is 1.35. The van der Waals surface area contributed by atoms with E-state index < -0.39 is 11.9 Å². The summed E-state index contributed by atoms with van der Waals surface area (Å²) in [5.41, 5.74) is 6.14. The quantitative estimate of drug-likeness (QED) is 0.865. The van der Waals surface area contributed by atoms with E-state index in [0.29, 0.717) is 6.42 Å². The van der Waals surface area contributed by atoms with Crippen LogP contribution in [0.4, 0.5) is 0 Å². The number of halogens is 1. The van der Waals surface area contributed by atoms with E-state index in [2.05, 4.69) is 21.2 Å². The zero-order chi connectivity index (χ0) is 12.1. The highest BCUT2D eigenvalue weighted by Gasteiger charge is 2.17. The average molecular weight is 285 g/mol. The molecule has 16 heavy (non-hydrogen) atoms. The van der Waals surface area contributed by atoms with Gasteiger partial charge in [0.05, 0.1) is 0 Å². The molecular weight excluding hydrogens is 272 g/mol. The summed E-state index contributed by atoms with van der Waals surface area (Å²) in [6.45, 7) is 1.36. The van der Waals surface area contributed by atoms with Gasteiger partial charge in [0.25, 0.3) is 0 Å². The molecular formula is C11H13BrN2O2. The molecule has 0 saturated carbocycles. The van der Waals surface area contributed by atoms with Crippen LogP contribution < -0.4 is 11.1 Å². The first-order valence-electron chi connectivity index (χ1n) is 4.80. The predicted octanol–water partition coefficient (Wildman–Crippen LogP) is 0.982. The minimum absolute atomic E-state index is 0.268. The third kappa shape index (κ3) is 3.66. The van der Waals surface area contributed by atoms with Gasteiger partial charge in [0.1, 0.15) is 6.04 Å². The molecule has 1 aromatic rings. The standard InChI is InChI=1S/C11H13BrN2O2/c1-7(15)14-10(11(13)16)6-8-4-2-3-5-9(8)12/h2-5,10H,6H2,1H3,(H2,13,16)(H,14,15)/t10-/m0/s1. The molecule has 4 nitrogen and oxygen atoms in total. The fraction of sp³-hybridized carbons (Fsp3) is 0.273. The van der Waals surface area contributed by atoms with Gasteiger partial charge in [0.15, 0.2) is 0 Å². The van der Waals surface area contributed by atoms with Crippen LogP contribution in [0.2, 0.25) is 0 Å². The number of amides is 2. The molecule has 1 atom stereocenters. The third-order valence-corrected chi connectivity index (χ3v) is 2.88. The second-order valence-electron chi connectivity index (χ2n) is 3.45. The van der Waals surface area contributed by atoms with Crippen molar-refractivity contribution in [3.05, 3.63) is 34.3 Å². The molecule has 0 spiro atoms. The van der Waals surface area contributed by atoms with Crippen molar-refractivity contribution in [2.45, 2.75) is 19.4 Å². The molecule has 1 rings (SSSR count). The number of rotatable bonds is 4. The topological polar surface area (TPSA) is 72.2 Å². The number of hydrogen-bond donors (Lipinski definition) is 2. The smallest absolute Gasteiger partial charge is 0.240 e. The molecule has 0 unspecified atom stereocenters. The summed E-state index contributed by atoms with van der Waals surface area (Å²) in [4.78, 5) is 22.0. The zero-order valence-corrected chi connectivity index (χ0v) is 10.5. The molecule has 3 N–H and O–H groups in total. The molecule has 0 radical (unpaired) electrons. The summed E-state index contributed by atoms with van der Waals surface area (Å²) in [6.07, 6.45) is 0.385. The first-order valence-corrected chi connectivity index (χ1v) is 5.60. The molecule has 0 aliphatic carbocycles. The van der Waals surface area contributed by atoms with E-state index in [-0.39, 0.29) is 5.91 Å². The van der Waals surface area contributed by atoms with E-state index in [1.54, 1.807) is 0 Å². The van der Waals surface area contributed by atoms with Crippen molar-refractivity contribution in [2.24, 2.45) is 5.73 Å². The van der Waals surface area contributed by atoms with Gasteiger partial charge in [0.2, 0.25) is 11.8 Å². The fourth-order valence-corrected chi connectivity index (χ4v) is 1.80. The maximum atomic E-state index is 11.1. The van der Waals surface area contributed by atoms with Crippen molar-refractivity contribution in [1.82, 2.24) is 5.32 Å². The van der Waals surface area contributed by atoms with E-state index in [0.717, 1.165) is 10.0 Å². The molecule has 0 saturated heterocycles.